The molecule has 0 saturated heterocycles. The maximum Gasteiger partial charge on any atom is 0.431 e. The molecule has 0 radical (unpaired) electrons. The third-order valence-electron chi connectivity index (χ3n) is 3.95. The number of aromatic nitrogens is 2. The Labute approximate surface area is 177 Å². The first-order chi connectivity index (χ1) is 14.4. The van der Waals surface area contributed by atoms with Gasteiger partial charge in [0.25, 0.3) is 5.56 Å². The summed E-state index contributed by atoms with van der Waals surface area (Å²) in [5, 5.41) is 3.33. The minimum Gasteiger partial charge on any atom is -0.463 e. The normalized spacial score (nSPS) is 12.8. The molecular weight excluding hydrogens is 450 g/mol. The van der Waals surface area contributed by atoms with Gasteiger partial charge >= 0.3 is 17.8 Å². The van der Waals surface area contributed by atoms with Crippen LogP contribution in [-0.2, 0) is 27.6 Å². The fraction of sp³-hybridized carbons (Fsp3) is 0.333. The van der Waals surface area contributed by atoms with Gasteiger partial charge in [0.05, 0.1) is 23.5 Å². The zero-order chi connectivity index (χ0) is 23.5. The summed E-state index contributed by atoms with van der Waals surface area (Å²) >= 11 is 5.91. The highest BCUT2D eigenvalue weighted by Gasteiger charge is 2.35. The van der Waals surface area contributed by atoms with Crippen molar-refractivity contribution in [2.75, 3.05) is 6.61 Å². The van der Waals surface area contributed by atoms with Crippen molar-refractivity contribution in [2.45, 2.75) is 26.1 Å². The highest BCUT2D eigenvalue weighted by molar-refractivity contribution is 6.33. The van der Waals surface area contributed by atoms with Gasteiger partial charge in [-0.3, -0.25) is 9.36 Å². The molecule has 0 aliphatic heterocycles. The molecule has 13 heteroatoms. The smallest absolute Gasteiger partial charge is 0.431 e. The molecule has 0 spiro atoms. The molecule has 1 unspecified atom stereocenters. The van der Waals surface area contributed by atoms with Crippen LogP contribution < -0.4 is 11.2 Å². The highest BCUT2D eigenvalue weighted by Crippen LogP contribution is 2.27. The number of carbonyl (C=O) groups is 1. The van der Waals surface area contributed by atoms with Crippen molar-refractivity contribution in [3.63, 3.8) is 0 Å². The van der Waals surface area contributed by atoms with E-state index in [2.05, 4.69) is 5.16 Å². The average Bonchev–Trinajstić information content (AvgIpc) is 2.66. The predicted octanol–water partition coefficient (Wildman–Crippen LogP) is 2.65. The Morgan fingerprint density at radius 2 is 1.94 bits per heavy atom. The van der Waals surface area contributed by atoms with Crippen molar-refractivity contribution < 1.29 is 31.9 Å². The van der Waals surface area contributed by atoms with Crippen molar-refractivity contribution >= 4 is 23.8 Å². The minimum atomic E-state index is -4.96. The molecule has 0 aliphatic carbocycles. The standard InChI is InChI=1S/C18H16ClF4N3O5/c1-4-30-16(28)9(2)31-24-8-10-5-13(12(20)6-11(10)19)26-15(27)7-14(18(21,22)23)25(3)17(26)29/h5-9H,4H2,1-3H3/b24-8-. The third-order valence-corrected chi connectivity index (χ3v) is 4.27. The lowest BCUT2D eigenvalue weighted by molar-refractivity contribution is -0.155. The molecule has 8 nitrogen and oxygen atoms in total. The van der Waals surface area contributed by atoms with Crippen LogP contribution in [0.25, 0.3) is 5.69 Å². The van der Waals surface area contributed by atoms with Gasteiger partial charge in [-0.25, -0.2) is 18.5 Å². The largest absolute Gasteiger partial charge is 0.463 e. The quantitative estimate of drug-likeness (QED) is 0.283. The van der Waals surface area contributed by atoms with Gasteiger partial charge in [0, 0.05) is 18.7 Å². The van der Waals surface area contributed by atoms with Gasteiger partial charge in [0.2, 0.25) is 6.10 Å². The molecule has 31 heavy (non-hydrogen) atoms. The molecule has 0 bridgehead atoms. The number of benzene rings is 1. The van der Waals surface area contributed by atoms with E-state index in [9.17, 15) is 31.9 Å². The van der Waals surface area contributed by atoms with Crippen LogP contribution in [0.3, 0.4) is 0 Å². The van der Waals surface area contributed by atoms with Crippen LogP contribution in [0, 0.1) is 5.82 Å². The molecule has 0 amide bonds. The Hall–Kier alpha value is -3.15. The Kier molecular flexibility index (Phi) is 7.26. The lowest BCUT2D eigenvalue weighted by Crippen LogP contribution is -2.41. The zero-order valence-electron chi connectivity index (χ0n) is 16.4. The number of hydrogen-bond acceptors (Lipinski definition) is 6. The fourth-order valence-electron chi connectivity index (χ4n) is 2.42. The maximum atomic E-state index is 14.4. The summed E-state index contributed by atoms with van der Waals surface area (Å²) in [5.41, 5.74) is -4.99. The van der Waals surface area contributed by atoms with E-state index in [-0.39, 0.29) is 32.4 Å². The summed E-state index contributed by atoms with van der Waals surface area (Å²) in [6.45, 7) is 3.08. The number of nitrogens with zero attached hydrogens (tertiary/aromatic N) is 3. The summed E-state index contributed by atoms with van der Waals surface area (Å²) in [6.07, 6.45) is -5.06. The first-order valence-electron chi connectivity index (χ1n) is 8.64. The average molecular weight is 466 g/mol. The van der Waals surface area contributed by atoms with Gasteiger partial charge in [-0.2, -0.15) is 13.2 Å². The van der Waals surface area contributed by atoms with E-state index in [0.29, 0.717) is 0 Å². The molecule has 2 rings (SSSR count). The monoisotopic (exact) mass is 465 g/mol. The molecule has 0 N–H and O–H groups in total. The summed E-state index contributed by atoms with van der Waals surface area (Å²) in [5.74, 6) is -1.83. The molecule has 168 valence electrons. The Bertz CT molecular complexity index is 1140. The molecule has 1 heterocycles. The predicted molar refractivity (Wildman–Crippen MR) is 102 cm³/mol. The molecule has 0 fully saturated rings. The number of hydrogen-bond donors (Lipinski definition) is 0. The van der Waals surface area contributed by atoms with Crippen LogP contribution >= 0.6 is 11.6 Å². The van der Waals surface area contributed by atoms with E-state index in [1.807, 2.05) is 0 Å². The van der Waals surface area contributed by atoms with Crippen LogP contribution in [0.15, 0.2) is 32.9 Å². The Balaban J connectivity index is 2.50. The maximum absolute atomic E-state index is 14.4. The van der Waals surface area contributed by atoms with Crippen molar-refractivity contribution in [3.05, 3.63) is 61.1 Å². The summed E-state index contributed by atoms with van der Waals surface area (Å²) in [6, 6.07) is 1.85. The number of esters is 1. The van der Waals surface area contributed by atoms with Crippen LogP contribution in [0.2, 0.25) is 5.02 Å². The molecule has 0 aliphatic rings. The molecule has 1 aromatic carbocycles. The van der Waals surface area contributed by atoms with Crippen molar-refractivity contribution in [2.24, 2.45) is 12.2 Å². The van der Waals surface area contributed by atoms with E-state index in [4.69, 9.17) is 21.2 Å². The van der Waals surface area contributed by atoms with Crippen molar-refractivity contribution in [1.29, 1.82) is 0 Å². The van der Waals surface area contributed by atoms with Gasteiger partial charge in [-0.05, 0) is 26.0 Å². The first-order valence-corrected chi connectivity index (χ1v) is 9.01. The summed E-state index contributed by atoms with van der Waals surface area (Å²) in [7, 11) is 0.794. The molecule has 1 atom stereocenters. The second-order valence-electron chi connectivity index (χ2n) is 6.10. The Morgan fingerprint density at radius 3 is 2.52 bits per heavy atom. The number of ether oxygens (including phenoxy) is 1. The minimum absolute atomic E-state index is 0.0389. The Morgan fingerprint density at radius 1 is 1.29 bits per heavy atom. The lowest BCUT2D eigenvalue weighted by atomic mass is 10.2. The van der Waals surface area contributed by atoms with Crippen molar-refractivity contribution in [3.8, 4) is 5.69 Å². The van der Waals surface area contributed by atoms with Gasteiger partial charge in [-0.15, -0.1) is 0 Å². The van der Waals surface area contributed by atoms with Crippen LogP contribution in [0.1, 0.15) is 25.1 Å². The number of rotatable bonds is 6. The fourth-order valence-corrected chi connectivity index (χ4v) is 2.62. The summed E-state index contributed by atoms with van der Waals surface area (Å²) in [4.78, 5) is 40.9. The molecule has 2 aromatic rings. The number of oxime groups is 1. The highest BCUT2D eigenvalue weighted by atomic mass is 35.5. The molecule has 0 saturated carbocycles. The summed E-state index contributed by atoms with van der Waals surface area (Å²) < 4.78 is 58.5. The number of carbonyl (C=O) groups excluding carboxylic acids is 1. The van der Waals surface area contributed by atoms with Crippen LogP contribution in [-0.4, -0.2) is 34.0 Å². The zero-order valence-corrected chi connectivity index (χ0v) is 17.1. The first kappa shape index (κ1) is 24.1. The van der Waals surface area contributed by atoms with Gasteiger partial charge in [0.1, 0.15) is 11.5 Å². The van der Waals surface area contributed by atoms with Gasteiger partial charge < -0.3 is 9.57 Å². The second-order valence-corrected chi connectivity index (χ2v) is 6.51. The third kappa shape index (κ3) is 5.32. The van der Waals surface area contributed by atoms with Crippen LogP contribution in [0.5, 0.6) is 0 Å². The number of alkyl halides is 3. The van der Waals surface area contributed by atoms with E-state index in [0.717, 1.165) is 25.4 Å². The molecular formula is C18H16ClF4N3O5. The SMILES string of the molecule is CCOC(=O)C(C)O/N=C\c1cc(-n2c(=O)cc(C(F)(F)F)n(C)c2=O)c(F)cc1Cl. The van der Waals surface area contributed by atoms with Crippen molar-refractivity contribution in [1.82, 2.24) is 9.13 Å². The van der Waals surface area contributed by atoms with E-state index < -0.39 is 46.7 Å². The van der Waals surface area contributed by atoms with Crippen LogP contribution in [0.4, 0.5) is 17.6 Å². The topological polar surface area (TPSA) is 91.9 Å². The van der Waals surface area contributed by atoms with E-state index >= 15 is 0 Å². The van der Waals surface area contributed by atoms with Gasteiger partial charge in [0.15, 0.2) is 0 Å². The van der Waals surface area contributed by atoms with E-state index in [1.54, 1.807) is 6.92 Å². The number of halogens is 5. The molecule has 1 aromatic heterocycles. The second kappa shape index (κ2) is 9.33. The van der Waals surface area contributed by atoms with Gasteiger partial charge in [-0.1, -0.05) is 16.8 Å². The lowest BCUT2D eigenvalue weighted by Gasteiger charge is -2.14. The van der Waals surface area contributed by atoms with E-state index in [1.165, 1.54) is 6.92 Å².